The van der Waals surface area contributed by atoms with E-state index in [-0.39, 0.29) is 0 Å². The predicted octanol–water partition coefficient (Wildman–Crippen LogP) is 1.01. The van der Waals surface area contributed by atoms with Gasteiger partial charge in [0, 0.05) is 18.8 Å². The lowest BCUT2D eigenvalue weighted by molar-refractivity contribution is 0.226. The summed E-state index contributed by atoms with van der Waals surface area (Å²) in [5.41, 5.74) is 6.18. The van der Waals surface area contributed by atoms with Gasteiger partial charge in [-0.2, -0.15) is 0 Å². The summed E-state index contributed by atoms with van der Waals surface area (Å²) in [6.07, 6.45) is 4.04. The van der Waals surface area contributed by atoms with Gasteiger partial charge in [-0.15, -0.1) is 0 Å². The Morgan fingerprint density at radius 2 is 2.50 bits per heavy atom. The van der Waals surface area contributed by atoms with Crippen LogP contribution in [0.5, 0.6) is 0 Å². The minimum Gasteiger partial charge on any atom is -0.388 e. The molecule has 3 N–H and O–H groups in total. The van der Waals surface area contributed by atoms with Gasteiger partial charge in [0.1, 0.15) is 10.7 Å². The molecule has 2 heterocycles. The number of hydrogen-bond donors (Lipinski definition) is 2. The van der Waals surface area contributed by atoms with Crippen molar-refractivity contribution >= 4 is 23.2 Å². The Balaban J connectivity index is 2.00. The van der Waals surface area contributed by atoms with E-state index in [1.54, 1.807) is 12.3 Å². The number of piperidine rings is 1. The van der Waals surface area contributed by atoms with Crippen LogP contribution in [0.25, 0.3) is 0 Å². The molecular formula is C12H19N5S. The molecule has 1 saturated heterocycles. The first-order valence-electron chi connectivity index (χ1n) is 6.30. The van der Waals surface area contributed by atoms with Crippen molar-refractivity contribution in [2.45, 2.75) is 25.8 Å². The van der Waals surface area contributed by atoms with Gasteiger partial charge in [0.2, 0.25) is 5.95 Å². The first kappa shape index (κ1) is 13.2. The van der Waals surface area contributed by atoms with Crippen LogP contribution in [0, 0.1) is 0 Å². The Morgan fingerprint density at radius 1 is 1.67 bits per heavy atom. The zero-order chi connectivity index (χ0) is 13.0. The maximum atomic E-state index is 5.56. The van der Waals surface area contributed by atoms with Crippen LogP contribution in [0.2, 0.25) is 0 Å². The third kappa shape index (κ3) is 3.36. The molecule has 0 aromatic carbocycles. The van der Waals surface area contributed by atoms with E-state index in [0.717, 1.165) is 19.5 Å². The first-order chi connectivity index (χ1) is 8.69. The highest BCUT2D eigenvalue weighted by Gasteiger charge is 2.19. The lowest BCUT2D eigenvalue weighted by atomic mass is 10.1. The molecule has 1 aliphatic heterocycles. The van der Waals surface area contributed by atoms with Crippen molar-refractivity contribution in [3.05, 3.63) is 18.0 Å². The van der Waals surface area contributed by atoms with Crippen LogP contribution in [0.15, 0.2) is 12.3 Å². The summed E-state index contributed by atoms with van der Waals surface area (Å²) in [7, 11) is 0. The molecule has 0 amide bonds. The summed E-state index contributed by atoms with van der Waals surface area (Å²) < 4.78 is 0. The van der Waals surface area contributed by atoms with E-state index in [9.17, 15) is 0 Å². The van der Waals surface area contributed by atoms with E-state index in [0.29, 0.717) is 22.7 Å². The fraction of sp³-hybridized carbons (Fsp3) is 0.583. The average molecular weight is 265 g/mol. The van der Waals surface area contributed by atoms with Crippen molar-refractivity contribution in [3.8, 4) is 0 Å². The molecule has 0 bridgehead atoms. The van der Waals surface area contributed by atoms with Crippen molar-refractivity contribution in [1.82, 2.24) is 14.9 Å². The highest BCUT2D eigenvalue weighted by molar-refractivity contribution is 7.80. The number of nitrogens with one attached hydrogen (secondary N) is 1. The Kier molecular flexibility index (Phi) is 4.43. The zero-order valence-corrected chi connectivity index (χ0v) is 11.4. The number of nitrogens with zero attached hydrogens (tertiary/aromatic N) is 3. The van der Waals surface area contributed by atoms with Gasteiger partial charge in [-0.05, 0) is 32.0 Å². The standard InChI is InChI=1S/C12H19N5S/c1-2-17-7-3-4-9(8-17)15-12-14-6-5-10(16-12)11(13)18/h5-6,9H,2-4,7-8H2,1H3,(H2,13,18)(H,14,15,16). The number of hydrogen-bond acceptors (Lipinski definition) is 5. The van der Waals surface area contributed by atoms with Gasteiger partial charge in [0.15, 0.2) is 0 Å². The summed E-state index contributed by atoms with van der Waals surface area (Å²) in [5, 5.41) is 3.36. The molecule has 98 valence electrons. The van der Waals surface area contributed by atoms with Crippen LogP contribution in [0.3, 0.4) is 0 Å². The molecule has 1 aromatic rings. The van der Waals surface area contributed by atoms with Crippen LogP contribution in [0.1, 0.15) is 25.5 Å². The van der Waals surface area contributed by atoms with E-state index in [4.69, 9.17) is 18.0 Å². The van der Waals surface area contributed by atoms with Gasteiger partial charge in [-0.3, -0.25) is 0 Å². The number of aromatic nitrogens is 2. The second kappa shape index (κ2) is 6.06. The molecule has 5 nitrogen and oxygen atoms in total. The Bertz CT molecular complexity index is 423. The summed E-state index contributed by atoms with van der Waals surface area (Å²) >= 11 is 4.92. The van der Waals surface area contributed by atoms with Crippen LogP contribution < -0.4 is 11.1 Å². The normalized spacial score (nSPS) is 20.6. The second-order valence-electron chi connectivity index (χ2n) is 4.51. The van der Waals surface area contributed by atoms with Crippen molar-refractivity contribution < 1.29 is 0 Å². The monoisotopic (exact) mass is 265 g/mol. The van der Waals surface area contributed by atoms with Gasteiger partial charge in [0.25, 0.3) is 0 Å². The molecule has 1 aliphatic rings. The van der Waals surface area contributed by atoms with Crippen LogP contribution in [0.4, 0.5) is 5.95 Å². The van der Waals surface area contributed by atoms with Crippen molar-refractivity contribution in [1.29, 1.82) is 0 Å². The molecule has 1 unspecified atom stereocenters. The van der Waals surface area contributed by atoms with Gasteiger partial charge >= 0.3 is 0 Å². The van der Waals surface area contributed by atoms with E-state index in [1.807, 2.05) is 0 Å². The Labute approximate surface area is 113 Å². The molecule has 0 radical (unpaired) electrons. The summed E-state index contributed by atoms with van der Waals surface area (Å²) in [6, 6.07) is 2.13. The summed E-state index contributed by atoms with van der Waals surface area (Å²) in [5.74, 6) is 0.614. The van der Waals surface area contributed by atoms with Gasteiger partial charge in [-0.25, -0.2) is 9.97 Å². The lowest BCUT2D eigenvalue weighted by Crippen LogP contribution is -2.42. The lowest BCUT2D eigenvalue weighted by Gasteiger charge is -2.32. The number of anilines is 1. The molecule has 1 atom stereocenters. The van der Waals surface area contributed by atoms with Crippen molar-refractivity contribution in [2.75, 3.05) is 25.0 Å². The molecule has 0 saturated carbocycles. The second-order valence-corrected chi connectivity index (χ2v) is 4.95. The smallest absolute Gasteiger partial charge is 0.223 e. The molecule has 0 spiro atoms. The van der Waals surface area contributed by atoms with Crippen molar-refractivity contribution in [2.24, 2.45) is 5.73 Å². The van der Waals surface area contributed by atoms with E-state index < -0.39 is 0 Å². The average Bonchev–Trinajstić information content (AvgIpc) is 2.39. The SMILES string of the molecule is CCN1CCCC(Nc2nccc(C(N)=S)n2)C1. The number of rotatable bonds is 4. The fourth-order valence-corrected chi connectivity index (χ4v) is 2.32. The van der Waals surface area contributed by atoms with E-state index >= 15 is 0 Å². The third-order valence-electron chi connectivity index (χ3n) is 3.19. The van der Waals surface area contributed by atoms with Gasteiger partial charge in [-0.1, -0.05) is 19.1 Å². The fourth-order valence-electron chi connectivity index (χ4n) is 2.21. The van der Waals surface area contributed by atoms with Crippen molar-refractivity contribution in [3.63, 3.8) is 0 Å². The number of likely N-dealkylation sites (tertiary alicyclic amines) is 1. The van der Waals surface area contributed by atoms with Gasteiger partial charge < -0.3 is 16.0 Å². The maximum Gasteiger partial charge on any atom is 0.223 e. The molecule has 1 fully saturated rings. The molecular weight excluding hydrogens is 246 g/mol. The molecule has 2 rings (SSSR count). The quantitative estimate of drug-likeness (QED) is 0.792. The van der Waals surface area contributed by atoms with Crippen LogP contribution in [-0.2, 0) is 0 Å². The topological polar surface area (TPSA) is 67.1 Å². The van der Waals surface area contributed by atoms with E-state index in [2.05, 4.69) is 27.1 Å². The summed E-state index contributed by atoms with van der Waals surface area (Å²) in [4.78, 5) is 11.3. The summed E-state index contributed by atoms with van der Waals surface area (Å²) in [6.45, 7) is 5.50. The highest BCUT2D eigenvalue weighted by Crippen LogP contribution is 2.13. The highest BCUT2D eigenvalue weighted by atomic mass is 32.1. The zero-order valence-electron chi connectivity index (χ0n) is 10.6. The minimum atomic E-state index is 0.305. The first-order valence-corrected chi connectivity index (χ1v) is 6.71. The largest absolute Gasteiger partial charge is 0.388 e. The van der Waals surface area contributed by atoms with E-state index in [1.165, 1.54) is 13.0 Å². The van der Waals surface area contributed by atoms with Gasteiger partial charge in [0.05, 0.1) is 0 Å². The molecule has 18 heavy (non-hydrogen) atoms. The molecule has 1 aromatic heterocycles. The minimum absolute atomic E-state index is 0.305. The maximum absolute atomic E-state index is 5.56. The number of nitrogens with two attached hydrogens (primary N) is 1. The Morgan fingerprint density at radius 3 is 3.22 bits per heavy atom. The predicted molar refractivity (Wildman–Crippen MR) is 76.7 cm³/mol. The number of likely N-dealkylation sites (N-methyl/N-ethyl adjacent to an activating group) is 1. The third-order valence-corrected chi connectivity index (χ3v) is 3.40. The Hall–Kier alpha value is -1.27. The van der Waals surface area contributed by atoms with Crippen LogP contribution >= 0.6 is 12.2 Å². The molecule has 6 heteroatoms. The molecule has 0 aliphatic carbocycles. The number of thiocarbonyl (C=S) groups is 1. The van der Waals surface area contributed by atoms with Crippen LogP contribution in [-0.4, -0.2) is 45.5 Å².